The van der Waals surface area contributed by atoms with Crippen molar-refractivity contribution in [1.29, 1.82) is 0 Å². The number of urea groups is 1. The fourth-order valence-electron chi connectivity index (χ4n) is 0. The van der Waals surface area contributed by atoms with E-state index < -0.39 is 21.3 Å². The summed E-state index contributed by atoms with van der Waals surface area (Å²) in [4.78, 5) is 34.0. The van der Waals surface area contributed by atoms with Gasteiger partial charge < -0.3 is 51.7 Å². The zero-order valence-electron chi connectivity index (χ0n) is 8.03. The normalized spacial score (nSPS) is 5.83. The summed E-state index contributed by atoms with van der Waals surface area (Å²) in [5.74, 6) is 0. The first-order chi connectivity index (χ1) is 7.47. The molecule has 18 heavy (non-hydrogen) atoms. The van der Waals surface area contributed by atoms with Crippen molar-refractivity contribution in [3.63, 3.8) is 0 Å². The molecule has 0 rings (SSSR count). The van der Waals surface area contributed by atoms with Gasteiger partial charge in [0.05, 0.1) is 15.3 Å². The molecule has 0 radical (unpaired) electrons. The number of hydrogen-bond acceptors (Lipinski definition) is 11. The van der Waals surface area contributed by atoms with Crippen molar-refractivity contribution in [2.45, 2.75) is 0 Å². The Balaban J connectivity index is -0.0000000412. The average Bonchev–Trinajstić information content (AvgIpc) is 2.00. The zero-order chi connectivity index (χ0) is 15.0. The molecule has 4 N–H and O–H groups in total. The minimum absolute atomic E-state index is 0. The van der Waals surface area contributed by atoms with Crippen LogP contribution in [0.2, 0.25) is 0 Å². The van der Waals surface area contributed by atoms with E-state index >= 15 is 0 Å². The van der Waals surface area contributed by atoms with Crippen LogP contribution in [0.25, 0.3) is 0 Å². The minimum atomic E-state index is -1.75. The molecule has 0 bridgehead atoms. The van der Waals surface area contributed by atoms with E-state index in [0.717, 1.165) is 0 Å². The summed E-state index contributed by atoms with van der Waals surface area (Å²) in [7, 11) is 0. The molecule has 0 aliphatic carbocycles. The van der Waals surface area contributed by atoms with E-state index in [4.69, 9.17) is 51.2 Å². The molecule has 0 saturated heterocycles. The van der Waals surface area contributed by atoms with Crippen molar-refractivity contribution < 1.29 is 25.3 Å². The molecule has 102 valence electrons. The smallest absolute Gasteiger partial charge is 0.356 e. The fraction of sp³-hybridized carbons (Fsp3) is 0. The van der Waals surface area contributed by atoms with E-state index in [0.29, 0.717) is 0 Å². The van der Waals surface area contributed by atoms with Crippen LogP contribution in [-0.4, -0.2) is 46.3 Å². The number of nitrogens with one attached hydrogen (secondary N) is 1. The van der Waals surface area contributed by atoms with Gasteiger partial charge in [-0.3, -0.25) is 5.21 Å². The monoisotopic (exact) mass is 331 g/mol. The number of nitrogens with zero attached hydrogens (tertiary/aromatic N) is 3. The number of primary amides is 1. The molecule has 0 aliphatic heterocycles. The first-order valence-electron chi connectivity index (χ1n) is 2.61. The Bertz CT molecular complexity index is 201. The zero-order valence-corrected chi connectivity index (χ0v) is 10.4. The fourth-order valence-corrected chi connectivity index (χ4v) is 0. The summed E-state index contributed by atoms with van der Waals surface area (Å²) in [5, 5.41) is 51.7. The van der Waals surface area contributed by atoms with Crippen LogP contribution in [0.5, 0.6) is 0 Å². The van der Waals surface area contributed by atoms with Crippen LogP contribution < -0.4 is 11.2 Å². The molecular weight excluding hydrogens is 328 g/mol. The Hall–Kier alpha value is -2.53. The molecule has 0 aromatic rings. The number of hydrogen-bond donors (Lipinski definition) is 3. The van der Waals surface area contributed by atoms with Crippen LogP contribution >= 0.6 is 0 Å². The Labute approximate surface area is 109 Å². The first kappa shape index (κ1) is 29.5. The van der Waals surface area contributed by atoms with Gasteiger partial charge in [0.2, 0.25) is 0 Å². The standard InChI is InChI=1S/CH4N2O2.Ga.3NO3/c2-1(4)3-5;;3*2-1(3)4/h5H,(H3,2,3,4);;;;/q;+3;3*-1. The van der Waals surface area contributed by atoms with E-state index in [2.05, 4.69) is 5.73 Å². The molecule has 0 aliphatic rings. The molecule has 0 saturated carbocycles. The Morgan fingerprint density at radius 3 is 0.944 bits per heavy atom. The van der Waals surface area contributed by atoms with Crippen LogP contribution in [0, 0.1) is 46.0 Å². The van der Waals surface area contributed by atoms with Crippen molar-refractivity contribution >= 4 is 25.8 Å². The van der Waals surface area contributed by atoms with Crippen LogP contribution in [0.1, 0.15) is 0 Å². The number of carbonyl (C=O) groups excluding carboxylic acids is 1. The summed E-state index contributed by atoms with van der Waals surface area (Å²) in [6.45, 7) is 0. The van der Waals surface area contributed by atoms with Crippen LogP contribution in [-0.2, 0) is 0 Å². The maximum Gasteiger partial charge on any atom is 3.00 e. The van der Waals surface area contributed by atoms with E-state index in [9.17, 15) is 4.79 Å². The van der Waals surface area contributed by atoms with Crippen molar-refractivity contribution in [3.8, 4) is 0 Å². The molecule has 16 nitrogen and oxygen atoms in total. The van der Waals surface area contributed by atoms with Gasteiger partial charge in [0, 0.05) is 0 Å². The van der Waals surface area contributed by atoms with E-state index in [1.165, 1.54) is 5.48 Å². The Kier molecular flexibility index (Phi) is 39.3. The second-order valence-corrected chi connectivity index (χ2v) is 1.15. The Morgan fingerprint density at radius 2 is 0.944 bits per heavy atom. The predicted molar refractivity (Wildman–Crippen MR) is 51.3 cm³/mol. The minimum Gasteiger partial charge on any atom is -0.356 e. The number of nitrogens with two attached hydrogens (primary N) is 1. The van der Waals surface area contributed by atoms with Crippen molar-refractivity contribution in [2.75, 3.05) is 0 Å². The van der Waals surface area contributed by atoms with Crippen LogP contribution in [0.3, 0.4) is 0 Å². The average molecular weight is 332 g/mol. The van der Waals surface area contributed by atoms with Gasteiger partial charge in [-0.25, -0.2) is 10.3 Å². The topological polar surface area (TPSA) is 274 Å². The summed E-state index contributed by atoms with van der Waals surface area (Å²) in [6, 6.07) is -0.940. The van der Waals surface area contributed by atoms with Gasteiger partial charge in [0.25, 0.3) is 0 Å². The molecule has 0 heterocycles. The van der Waals surface area contributed by atoms with Gasteiger partial charge in [0.1, 0.15) is 0 Å². The van der Waals surface area contributed by atoms with Gasteiger partial charge in [-0.1, -0.05) is 0 Å². The van der Waals surface area contributed by atoms with Crippen molar-refractivity contribution in [1.82, 2.24) is 5.48 Å². The van der Waals surface area contributed by atoms with E-state index in [1.54, 1.807) is 0 Å². The van der Waals surface area contributed by atoms with E-state index in [-0.39, 0.29) is 19.8 Å². The first-order valence-corrected chi connectivity index (χ1v) is 2.61. The summed E-state index contributed by atoms with van der Waals surface area (Å²) in [5.41, 5.74) is 5.46. The van der Waals surface area contributed by atoms with Crippen molar-refractivity contribution in [3.05, 3.63) is 46.0 Å². The number of hydroxylamine groups is 1. The molecule has 0 unspecified atom stereocenters. The third-order valence-corrected chi connectivity index (χ3v) is 0.110. The third kappa shape index (κ3) is 7350. The number of amides is 2. The predicted octanol–water partition coefficient (Wildman–Crippen LogP) is -2.05. The molecule has 0 aromatic heterocycles. The summed E-state index contributed by atoms with van der Waals surface area (Å²) < 4.78 is 0. The molecule has 0 aromatic carbocycles. The molecule has 2 amide bonds. The maximum absolute atomic E-state index is 9.23. The quantitative estimate of drug-likeness (QED) is 0.188. The molecule has 0 spiro atoms. The van der Waals surface area contributed by atoms with Gasteiger partial charge in [-0.15, -0.1) is 0 Å². The van der Waals surface area contributed by atoms with Crippen LogP contribution in [0.4, 0.5) is 4.79 Å². The Morgan fingerprint density at radius 1 is 0.889 bits per heavy atom. The van der Waals surface area contributed by atoms with Crippen LogP contribution in [0.15, 0.2) is 0 Å². The molecular formula is CH4GaN5O11. The summed E-state index contributed by atoms with van der Waals surface area (Å²) >= 11 is 0. The number of carbonyl (C=O) groups is 1. The van der Waals surface area contributed by atoms with Gasteiger partial charge in [-0.05, 0) is 0 Å². The van der Waals surface area contributed by atoms with Crippen molar-refractivity contribution in [2.24, 2.45) is 5.73 Å². The van der Waals surface area contributed by atoms with E-state index in [1.807, 2.05) is 0 Å². The van der Waals surface area contributed by atoms with Gasteiger partial charge in [-0.2, -0.15) is 0 Å². The second kappa shape index (κ2) is 23.9. The molecule has 0 fully saturated rings. The third-order valence-electron chi connectivity index (χ3n) is 0.110. The molecule has 0 atom stereocenters. The largest absolute Gasteiger partial charge is 3.00 e. The maximum atomic E-state index is 9.23. The summed E-state index contributed by atoms with van der Waals surface area (Å²) in [6.07, 6.45) is 0. The van der Waals surface area contributed by atoms with Gasteiger partial charge >= 0.3 is 25.8 Å². The second-order valence-electron chi connectivity index (χ2n) is 1.15. The molecule has 17 heteroatoms. The SMILES string of the molecule is NC(=O)NO.O=[N+]([O-])[O-].O=[N+]([O-])[O-].O=[N+]([O-])[O-].[Ga+3]. The van der Waals surface area contributed by atoms with Gasteiger partial charge in [0.15, 0.2) is 0 Å². The number of rotatable bonds is 0.